The molecule has 0 bridgehead atoms. The van der Waals surface area contributed by atoms with Crippen LogP contribution in [0.15, 0.2) is 66.7 Å². The van der Waals surface area contributed by atoms with Gasteiger partial charge in [0.05, 0.1) is 21.3 Å². The molecule has 0 aromatic heterocycles. The molecule has 4 rings (SSSR count). The number of carbonyl (C=O) groups is 2. The summed E-state index contributed by atoms with van der Waals surface area (Å²) in [6.07, 6.45) is 0. The summed E-state index contributed by atoms with van der Waals surface area (Å²) in [5.41, 5.74) is 2.40. The molecule has 0 unspecified atom stereocenters. The van der Waals surface area contributed by atoms with Gasteiger partial charge in [-0.15, -0.1) is 0 Å². The first-order valence-electron chi connectivity index (χ1n) is 10.1. The molecule has 0 saturated carbocycles. The number of hydrogen-bond acceptors (Lipinski definition) is 3. The molecule has 8 heteroatoms. The van der Waals surface area contributed by atoms with Crippen molar-refractivity contribution in [2.45, 2.75) is 0 Å². The van der Waals surface area contributed by atoms with E-state index < -0.39 is 0 Å². The Kier molecular flexibility index (Phi) is 6.89. The quantitative estimate of drug-likeness (QED) is 0.500. The highest BCUT2D eigenvalue weighted by Crippen LogP contribution is 2.30. The second-order valence-corrected chi connectivity index (χ2v) is 8.64. The summed E-state index contributed by atoms with van der Waals surface area (Å²) in [6, 6.07) is 19.4. The third-order valence-corrected chi connectivity index (χ3v) is 6.17. The van der Waals surface area contributed by atoms with E-state index in [0.717, 1.165) is 5.69 Å². The van der Waals surface area contributed by atoms with Crippen LogP contribution in [-0.2, 0) is 0 Å². The van der Waals surface area contributed by atoms with E-state index in [1.165, 1.54) is 6.07 Å². The lowest BCUT2D eigenvalue weighted by molar-refractivity contribution is 0.0746. The molecule has 32 heavy (non-hydrogen) atoms. The first kappa shape index (κ1) is 22.5. The normalized spacial score (nSPS) is 13.7. The Morgan fingerprint density at radius 1 is 0.781 bits per heavy atom. The van der Waals surface area contributed by atoms with Crippen LogP contribution in [0.2, 0.25) is 15.1 Å². The van der Waals surface area contributed by atoms with Crippen LogP contribution in [-0.4, -0.2) is 42.9 Å². The third-order valence-electron chi connectivity index (χ3n) is 5.31. The predicted octanol–water partition coefficient (Wildman–Crippen LogP) is 5.86. The van der Waals surface area contributed by atoms with Gasteiger partial charge < -0.3 is 15.1 Å². The lowest BCUT2D eigenvalue weighted by atomic mass is 10.1. The number of anilines is 2. The topological polar surface area (TPSA) is 52.7 Å². The number of nitrogens with zero attached hydrogens (tertiary/aromatic N) is 2. The third kappa shape index (κ3) is 5.01. The number of amides is 2. The number of rotatable bonds is 4. The fraction of sp³-hybridized carbons (Fsp3) is 0.167. The van der Waals surface area contributed by atoms with Gasteiger partial charge in [-0.05, 0) is 48.5 Å². The van der Waals surface area contributed by atoms with E-state index in [-0.39, 0.29) is 11.8 Å². The number of benzene rings is 3. The Morgan fingerprint density at radius 2 is 1.50 bits per heavy atom. The van der Waals surface area contributed by atoms with Crippen LogP contribution in [0.4, 0.5) is 11.4 Å². The van der Waals surface area contributed by atoms with Crippen LogP contribution >= 0.6 is 34.8 Å². The number of carbonyl (C=O) groups excluding carboxylic acids is 2. The Morgan fingerprint density at radius 3 is 2.19 bits per heavy atom. The first-order chi connectivity index (χ1) is 15.4. The summed E-state index contributed by atoms with van der Waals surface area (Å²) < 4.78 is 0. The molecule has 5 nitrogen and oxygen atoms in total. The van der Waals surface area contributed by atoms with Crippen LogP contribution in [0.1, 0.15) is 20.7 Å². The van der Waals surface area contributed by atoms with Crippen LogP contribution in [0.25, 0.3) is 0 Å². The van der Waals surface area contributed by atoms with Gasteiger partial charge in [-0.1, -0.05) is 53.0 Å². The van der Waals surface area contributed by atoms with Gasteiger partial charge in [-0.2, -0.15) is 0 Å². The Labute approximate surface area is 201 Å². The smallest absolute Gasteiger partial charge is 0.257 e. The van der Waals surface area contributed by atoms with Crippen molar-refractivity contribution in [1.82, 2.24) is 4.90 Å². The van der Waals surface area contributed by atoms with Crippen molar-refractivity contribution in [3.05, 3.63) is 92.9 Å². The fourth-order valence-corrected chi connectivity index (χ4v) is 4.30. The van der Waals surface area contributed by atoms with Crippen molar-refractivity contribution in [1.29, 1.82) is 0 Å². The summed E-state index contributed by atoms with van der Waals surface area (Å²) in [4.78, 5) is 29.2. The summed E-state index contributed by atoms with van der Waals surface area (Å²) in [5.74, 6) is -0.330. The lowest BCUT2D eigenvalue weighted by Crippen LogP contribution is -2.48. The summed E-state index contributed by atoms with van der Waals surface area (Å²) >= 11 is 18.6. The molecule has 1 N–H and O–H groups in total. The molecule has 164 valence electrons. The molecule has 1 aliphatic rings. The van der Waals surface area contributed by atoms with Gasteiger partial charge in [0.2, 0.25) is 0 Å². The van der Waals surface area contributed by atoms with E-state index in [4.69, 9.17) is 34.8 Å². The van der Waals surface area contributed by atoms with Gasteiger partial charge in [0, 0.05) is 42.5 Å². The minimum Gasteiger partial charge on any atom is -0.367 e. The Bertz CT molecular complexity index is 1150. The molecule has 1 fully saturated rings. The summed E-state index contributed by atoms with van der Waals surface area (Å²) in [7, 11) is 0. The standard InChI is InChI=1S/C24H20Cl3N3O2/c25-17-6-8-20(26)19(14-17)23(31)28-18-7-9-22(21(27)15-18)29-10-12-30(13-11-29)24(32)16-4-2-1-3-5-16/h1-9,14-15H,10-13H2,(H,28,31). The van der Waals surface area contributed by atoms with Gasteiger partial charge in [0.25, 0.3) is 11.8 Å². The zero-order valence-electron chi connectivity index (χ0n) is 17.0. The molecule has 1 saturated heterocycles. The average Bonchev–Trinajstić information content (AvgIpc) is 2.81. The molecular weight excluding hydrogens is 469 g/mol. The molecule has 1 heterocycles. The molecule has 3 aromatic carbocycles. The van der Waals surface area contributed by atoms with E-state index in [2.05, 4.69) is 10.2 Å². The van der Waals surface area contributed by atoms with Crippen LogP contribution < -0.4 is 10.2 Å². The highest BCUT2D eigenvalue weighted by Gasteiger charge is 2.23. The minimum atomic E-state index is -0.366. The molecule has 0 radical (unpaired) electrons. The number of piperazine rings is 1. The maximum Gasteiger partial charge on any atom is 0.257 e. The second kappa shape index (κ2) is 9.82. The summed E-state index contributed by atoms with van der Waals surface area (Å²) in [6.45, 7) is 2.55. The van der Waals surface area contributed by atoms with Crippen molar-refractivity contribution < 1.29 is 9.59 Å². The fourth-order valence-electron chi connectivity index (χ4n) is 3.62. The Balaban J connectivity index is 1.40. The van der Waals surface area contributed by atoms with Crippen LogP contribution in [0, 0.1) is 0 Å². The van der Waals surface area contributed by atoms with Gasteiger partial charge in [0.1, 0.15) is 0 Å². The zero-order chi connectivity index (χ0) is 22.7. The van der Waals surface area contributed by atoms with Crippen molar-refractivity contribution in [3.63, 3.8) is 0 Å². The molecule has 0 atom stereocenters. The predicted molar refractivity (Wildman–Crippen MR) is 130 cm³/mol. The highest BCUT2D eigenvalue weighted by molar-refractivity contribution is 6.36. The van der Waals surface area contributed by atoms with Crippen molar-refractivity contribution in [3.8, 4) is 0 Å². The largest absolute Gasteiger partial charge is 0.367 e. The van der Waals surface area contributed by atoms with Gasteiger partial charge in [-0.25, -0.2) is 0 Å². The van der Waals surface area contributed by atoms with E-state index >= 15 is 0 Å². The molecule has 2 amide bonds. The SMILES string of the molecule is O=C(Nc1ccc(N2CCN(C(=O)c3ccccc3)CC2)c(Cl)c1)c1cc(Cl)ccc1Cl. The average molecular weight is 489 g/mol. The van der Waals surface area contributed by atoms with Crippen molar-refractivity contribution >= 4 is 58.0 Å². The monoisotopic (exact) mass is 487 g/mol. The van der Waals surface area contributed by atoms with Gasteiger partial charge in [-0.3, -0.25) is 9.59 Å². The van der Waals surface area contributed by atoms with Crippen molar-refractivity contribution in [2.24, 2.45) is 0 Å². The number of halogens is 3. The summed E-state index contributed by atoms with van der Waals surface area (Å²) in [5, 5.41) is 4.06. The van der Waals surface area contributed by atoms with Crippen LogP contribution in [0.5, 0.6) is 0 Å². The van der Waals surface area contributed by atoms with E-state index in [9.17, 15) is 9.59 Å². The number of hydrogen-bond donors (Lipinski definition) is 1. The maximum absolute atomic E-state index is 12.6. The van der Waals surface area contributed by atoms with Crippen molar-refractivity contribution in [2.75, 3.05) is 36.4 Å². The first-order valence-corrected chi connectivity index (χ1v) is 11.2. The van der Waals surface area contributed by atoms with Gasteiger partial charge in [0.15, 0.2) is 0 Å². The van der Waals surface area contributed by atoms with E-state index in [1.54, 1.807) is 24.3 Å². The van der Waals surface area contributed by atoms with E-state index in [1.807, 2.05) is 41.3 Å². The zero-order valence-corrected chi connectivity index (χ0v) is 19.3. The molecule has 1 aliphatic heterocycles. The molecular formula is C24H20Cl3N3O2. The molecule has 0 spiro atoms. The van der Waals surface area contributed by atoms with E-state index in [0.29, 0.717) is 58.1 Å². The second-order valence-electron chi connectivity index (χ2n) is 7.39. The Hall–Kier alpha value is -2.73. The van der Waals surface area contributed by atoms with Crippen LogP contribution in [0.3, 0.4) is 0 Å². The minimum absolute atomic E-state index is 0.0362. The molecule has 0 aliphatic carbocycles. The number of nitrogens with one attached hydrogen (secondary N) is 1. The lowest BCUT2D eigenvalue weighted by Gasteiger charge is -2.36. The van der Waals surface area contributed by atoms with Gasteiger partial charge >= 0.3 is 0 Å². The highest BCUT2D eigenvalue weighted by atomic mass is 35.5. The molecule has 3 aromatic rings. The maximum atomic E-state index is 12.6.